The van der Waals surface area contributed by atoms with Crippen LogP contribution in [0.5, 0.6) is 5.75 Å². The minimum atomic E-state index is 0.439. The molecule has 0 radical (unpaired) electrons. The van der Waals surface area contributed by atoms with E-state index in [1.54, 1.807) is 7.11 Å². The molecule has 0 aliphatic heterocycles. The second-order valence-corrected chi connectivity index (χ2v) is 6.06. The van der Waals surface area contributed by atoms with Gasteiger partial charge in [-0.2, -0.15) is 0 Å². The quantitative estimate of drug-likeness (QED) is 0.886. The van der Waals surface area contributed by atoms with Crippen LogP contribution >= 0.6 is 0 Å². The number of hydrogen-bond donors (Lipinski definition) is 1. The highest BCUT2D eigenvalue weighted by atomic mass is 16.5. The predicted octanol–water partition coefficient (Wildman–Crippen LogP) is 2.48. The van der Waals surface area contributed by atoms with Crippen molar-refractivity contribution in [3.8, 4) is 5.75 Å². The summed E-state index contributed by atoms with van der Waals surface area (Å²) in [5.41, 5.74) is 9.72. The van der Waals surface area contributed by atoms with Gasteiger partial charge in [0.1, 0.15) is 5.75 Å². The van der Waals surface area contributed by atoms with E-state index in [1.807, 2.05) is 0 Å². The van der Waals surface area contributed by atoms with Crippen molar-refractivity contribution in [3.63, 3.8) is 0 Å². The Hall–Kier alpha value is -1.06. The topological polar surface area (TPSA) is 38.5 Å². The summed E-state index contributed by atoms with van der Waals surface area (Å²) in [7, 11) is 3.94. The summed E-state index contributed by atoms with van der Waals surface area (Å²) in [5, 5.41) is 0. The minimum Gasteiger partial charge on any atom is -0.496 e. The van der Waals surface area contributed by atoms with Crippen LogP contribution < -0.4 is 10.5 Å². The van der Waals surface area contributed by atoms with E-state index in [-0.39, 0.29) is 0 Å². The van der Waals surface area contributed by atoms with Gasteiger partial charge in [-0.05, 0) is 56.8 Å². The fourth-order valence-corrected chi connectivity index (χ4v) is 3.05. The van der Waals surface area contributed by atoms with E-state index in [9.17, 15) is 0 Å². The zero-order valence-corrected chi connectivity index (χ0v) is 12.6. The third kappa shape index (κ3) is 3.48. The van der Waals surface area contributed by atoms with Gasteiger partial charge in [0.05, 0.1) is 7.11 Å². The van der Waals surface area contributed by atoms with Crippen molar-refractivity contribution in [1.82, 2.24) is 4.90 Å². The Morgan fingerprint density at radius 1 is 1.32 bits per heavy atom. The Labute approximate surface area is 116 Å². The summed E-state index contributed by atoms with van der Waals surface area (Å²) in [6, 6.07) is 4.79. The van der Waals surface area contributed by atoms with Crippen LogP contribution in [0, 0.1) is 19.8 Å². The molecule has 2 N–H and O–H groups in total. The molecular weight excluding hydrogens is 236 g/mol. The molecule has 3 nitrogen and oxygen atoms in total. The molecule has 1 fully saturated rings. The van der Waals surface area contributed by atoms with Crippen LogP contribution in [0.3, 0.4) is 0 Å². The monoisotopic (exact) mass is 262 g/mol. The first-order valence-corrected chi connectivity index (χ1v) is 7.07. The van der Waals surface area contributed by atoms with E-state index in [4.69, 9.17) is 10.5 Å². The number of methoxy groups -OCH3 is 1. The normalized spacial score (nSPS) is 22.4. The lowest BCUT2D eigenvalue weighted by molar-refractivity contribution is 0.177. The van der Waals surface area contributed by atoms with Crippen molar-refractivity contribution in [3.05, 3.63) is 28.8 Å². The molecule has 19 heavy (non-hydrogen) atoms. The lowest BCUT2D eigenvalue weighted by atomic mass is 9.80. The van der Waals surface area contributed by atoms with Crippen molar-refractivity contribution in [2.24, 2.45) is 11.7 Å². The predicted molar refractivity (Wildman–Crippen MR) is 79.5 cm³/mol. The Kier molecular flexibility index (Phi) is 4.48. The van der Waals surface area contributed by atoms with E-state index in [0.29, 0.717) is 6.04 Å². The van der Waals surface area contributed by atoms with Crippen LogP contribution in [0.4, 0.5) is 0 Å². The molecule has 1 saturated carbocycles. The highest BCUT2D eigenvalue weighted by molar-refractivity contribution is 5.42. The molecule has 0 atom stereocenters. The van der Waals surface area contributed by atoms with E-state index in [2.05, 4.69) is 37.9 Å². The van der Waals surface area contributed by atoms with Gasteiger partial charge in [-0.1, -0.05) is 6.07 Å². The van der Waals surface area contributed by atoms with Crippen LogP contribution in [-0.4, -0.2) is 31.6 Å². The summed E-state index contributed by atoms with van der Waals surface area (Å²) in [6.45, 7) is 6.35. The molecule has 0 unspecified atom stereocenters. The molecule has 0 saturated heterocycles. The highest BCUT2D eigenvalue weighted by Gasteiger charge is 2.26. The second-order valence-electron chi connectivity index (χ2n) is 6.06. The summed E-state index contributed by atoms with van der Waals surface area (Å²) in [4.78, 5) is 2.39. The number of ether oxygens (including phenoxy) is 1. The molecule has 1 aliphatic carbocycles. The van der Waals surface area contributed by atoms with Gasteiger partial charge >= 0.3 is 0 Å². The van der Waals surface area contributed by atoms with Gasteiger partial charge in [0.2, 0.25) is 0 Å². The zero-order chi connectivity index (χ0) is 14.0. The van der Waals surface area contributed by atoms with Crippen molar-refractivity contribution >= 4 is 0 Å². The highest BCUT2D eigenvalue weighted by Crippen LogP contribution is 2.29. The largest absolute Gasteiger partial charge is 0.496 e. The molecular formula is C16H26N2O. The average Bonchev–Trinajstić information content (AvgIpc) is 2.30. The van der Waals surface area contributed by atoms with E-state index < -0.39 is 0 Å². The number of rotatable bonds is 5. The molecule has 1 aliphatic rings. The van der Waals surface area contributed by atoms with E-state index in [1.165, 1.54) is 29.5 Å². The molecule has 1 aromatic rings. The number of nitrogens with two attached hydrogens (primary N) is 1. The van der Waals surface area contributed by atoms with Gasteiger partial charge < -0.3 is 15.4 Å². The number of nitrogens with zero attached hydrogens (tertiary/aromatic N) is 1. The first-order valence-electron chi connectivity index (χ1n) is 7.07. The van der Waals surface area contributed by atoms with Crippen molar-refractivity contribution in [2.75, 3.05) is 20.7 Å². The van der Waals surface area contributed by atoms with Gasteiger partial charge in [-0.15, -0.1) is 0 Å². The first-order chi connectivity index (χ1) is 8.99. The number of benzene rings is 1. The van der Waals surface area contributed by atoms with Crippen molar-refractivity contribution < 1.29 is 4.74 Å². The van der Waals surface area contributed by atoms with Crippen LogP contribution in [-0.2, 0) is 6.54 Å². The summed E-state index contributed by atoms with van der Waals surface area (Å²) < 4.78 is 5.52. The third-order valence-corrected chi connectivity index (χ3v) is 4.07. The minimum absolute atomic E-state index is 0.439. The van der Waals surface area contributed by atoms with Crippen LogP contribution in [0.15, 0.2) is 12.1 Å². The Bertz CT molecular complexity index is 439. The molecule has 0 bridgehead atoms. The zero-order valence-electron chi connectivity index (χ0n) is 12.6. The summed E-state index contributed by atoms with van der Waals surface area (Å²) in [5.74, 6) is 1.78. The van der Waals surface area contributed by atoms with Gasteiger partial charge in [-0.25, -0.2) is 0 Å². The van der Waals surface area contributed by atoms with Crippen molar-refractivity contribution in [2.45, 2.75) is 39.3 Å². The molecule has 0 heterocycles. The standard InChI is InChI=1S/C16H26N2O/c1-11-5-12(2)15(16(6-11)19-4)10-18(3)9-13-7-14(17)8-13/h5-6,13-14H,7-10,17H2,1-4H3. The lowest BCUT2D eigenvalue weighted by Gasteiger charge is -2.35. The van der Waals surface area contributed by atoms with Gasteiger partial charge in [0.25, 0.3) is 0 Å². The molecule has 1 aromatic carbocycles. The summed E-state index contributed by atoms with van der Waals surface area (Å²) in [6.07, 6.45) is 2.35. The molecule has 0 amide bonds. The Morgan fingerprint density at radius 2 is 2.00 bits per heavy atom. The molecule has 3 heteroatoms. The number of hydrogen-bond acceptors (Lipinski definition) is 3. The molecule has 106 valence electrons. The molecule has 0 aromatic heterocycles. The maximum Gasteiger partial charge on any atom is 0.123 e. The SMILES string of the molecule is COc1cc(C)cc(C)c1CN(C)CC1CC(N)C1. The fraction of sp³-hybridized carbons (Fsp3) is 0.625. The van der Waals surface area contributed by atoms with Gasteiger partial charge in [0.15, 0.2) is 0 Å². The third-order valence-electron chi connectivity index (χ3n) is 4.07. The molecule has 2 rings (SSSR count). The maximum absolute atomic E-state index is 5.85. The fourth-order valence-electron chi connectivity index (χ4n) is 3.05. The van der Waals surface area contributed by atoms with Crippen LogP contribution in [0.25, 0.3) is 0 Å². The van der Waals surface area contributed by atoms with Crippen LogP contribution in [0.1, 0.15) is 29.5 Å². The van der Waals surface area contributed by atoms with Gasteiger partial charge in [0, 0.05) is 24.7 Å². The van der Waals surface area contributed by atoms with Crippen molar-refractivity contribution in [1.29, 1.82) is 0 Å². The smallest absolute Gasteiger partial charge is 0.123 e. The first kappa shape index (κ1) is 14.4. The molecule has 0 spiro atoms. The second kappa shape index (κ2) is 5.93. The lowest BCUT2D eigenvalue weighted by Crippen LogP contribution is -2.41. The summed E-state index contributed by atoms with van der Waals surface area (Å²) >= 11 is 0. The Balaban J connectivity index is 2.01. The maximum atomic E-state index is 5.85. The van der Waals surface area contributed by atoms with E-state index in [0.717, 1.165) is 24.8 Å². The van der Waals surface area contributed by atoms with E-state index >= 15 is 0 Å². The average molecular weight is 262 g/mol. The Morgan fingerprint density at radius 3 is 2.58 bits per heavy atom. The van der Waals surface area contributed by atoms with Gasteiger partial charge in [-0.3, -0.25) is 0 Å². The number of aryl methyl sites for hydroxylation is 2. The van der Waals surface area contributed by atoms with Crippen LogP contribution in [0.2, 0.25) is 0 Å².